The number of hydrogen-bond acceptors (Lipinski definition) is 7. The lowest BCUT2D eigenvalue weighted by Gasteiger charge is -2.26. The molecule has 2 N–H and O–H groups in total. The van der Waals surface area contributed by atoms with Crippen molar-refractivity contribution in [3.8, 4) is 5.75 Å². The van der Waals surface area contributed by atoms with E-state index in [4.69, 9.17) is 13.9 Å². The van der Waals surface area contributed by atoms with Gasteiger partial charge in [0.05, 0.1) is 37.2 Å². The Morgan fingerprint density at radius 2 is 1.71 bits per heavy atom. The van der Waals surface area contributed by atoms with Gasteiger partial charge < -0.3 is 24.5 Å². The van der Waals surface area contributed by atoms with Crippen molar-refractivity contribution in [2.45, 2.75) is 4.90 Å². The molecule has 0 radical (unpaired) electrons. The van der Waals surface area contributed by atoms with Crippen LogP contribution in [0.4, 0.5) is 11.4 Å². The minimum absolute atomic E-state index is 0.0430. The minimum atomic E-state index is -3.75. The Balaban J connectivity index is 1.49. The number of rotatable bonds is 7. The van der Waals surface area contributed by atoms with Gasteiger partial charge in [0.2, 0.25) is 10.0 Å². The van der Waals surface area contributed by atoms with Crippen LogP contribution in [0.15, 0.2) is 70.2 Å². The number of furan rings is 1. The Hall–Kier alpha value is -3.67. The topological polar surface area (TPSA) is 127 Å². The highest BCUT2D eigenvalue weighted by atomic mass is 32.2. The smallest absolute Gasteiger partial charge is 0.291 e. The first-order valence-corrected chi connectivity index (χ1v) is 11.8. The highest BCUT2D eigenvalue weighted by Gasteiger charge is 2.27. The van der Waals surface area contributed by atoms with Crippen molar-refractivity contribution < 1.29 is 31.9 Å². The predicted octanol–water partition coefficient (Wildman–Crippen LogP) is 2.81. The van der Waals surface area contributed by atoms with E-state index in [9.17, 15) is 18.0 Å². The van der Waals surface area contributed by atoms with Gasteiger partial charge in [-0.05, 0) is 54.6 Å². The second-order valence-corrected chi connectivity index (χ2v) is 9.28. The van der Waals surface area contributed by atoms with Gasteiger partial charge in [-0.15, -0.1) is 0 Å². The molecule has 1 aliphatic heterocycles. The van der Waals surface area contributed by atoms with Crippen molar-refractivity contribution in [3.05, 3.63) is 72.2 Å². The van der Waals surface area contributed by atoms with Crippen LogP contribution in [0.3, 0.4) is 0 Å². The maximum Gasteiger partial charge on any atom is 0.291 e. The van der Waals surface area contributed by atoms with Crippen LogP contribution in [0.5, 0.6) is 5.75 Å². The number of carbonyl (C=O) groups excluding carboxylic acids is 2. The van der Waals surface area contributed by atoms with Gasteiger partial charge in [-0.1, -0.05) is 0 Å². The molecule has 4 rings (SSSR count). The summed E-state index contributed by atoms with van der Waals surface area (Å²) < 4.78 is 42.9. The third-order valence-corrected chi connectivity index (χ3v) is 7.07. The lowest BCUT2D eigenvalue weighted by molar-refractivity contribution is 0.0730. The maximum absolute atomic E-state index is 13.0. The molecule has 0 atom stereocenters. The van der Waals surface area contributed by atoms with E-state index in [-0.39, 0.29) is 29.4 Å². The summed E-state index contributed by atoms with van der Waals surface area (Å²) in [6, 6.07) is 13.7. The van der Waals surface area contributed by atoms with Crippen LogP contribution >= 0.6 is 0 Å². The van der Waals surface area contributed by atoms with Crippen molar-refractivity contribution in [2.75, 3.05) is 44.0 Å². The largest absolute Gasteiger partial charge is 0.495 e. The molecule has 2 heterocycles. The van der Waals surface area contributed by atoms with Crippen molar-refractivity contribution in [2.24, 2.45) is 0 Å². The van der Waals surface area contributed by atoms with Gasteiger partial charge in [-0.2, -0.15) is 4.31 Å². The molecule has 1 fully saturated rings. The van der Waals surface area contributed by atoms with Gasteiger partial charge in [-0.25, -0.2) is 8.42 Å². The van der Waals surface area contributed by atoms with Crippen LogP contribution in [-0.2, 0) is 14.8 Å². The van der Waals surface area contributed by atoms with Gasteiger partial charge in [-0.3, -0.25) is 9.59 Å². The average Bonchev–Trinajstić information content (AvgIpc) is 3.40. The molecule has 0 aliphatic carbocycles. The molecule has 10 nitrogen and oxygen atoms in total. The fraction of sp³-hybridized carbons (Fsp3) is 0.217. The van der Waals surface area contributed by atoms with Gasteiger partial charge in [0.15, 0.2) is 5.76 Å². The molecule has 2 amide bonds. The molecular formula is C23H23N3O7S. The zero-order valence-electron chi connectivity index (χ0n) is 18.3. The van der Waals surface area contributed by atoms with Crippen molar-refractivity contribution in [1.29, 1.82) is 0 Å². The van der Waals surface area contributed by atoms with E-state index < -0.39 is 21.8 Å². The Kier molecular flexibility index (Phi) is 6.96. The van der Waals surface area contributed by atoms with Crippen molar-refractivity contribution >= 4 is 33.2 Å². The third kappa shape index (κ3) is 5.11. The zero-order valence-corrected chi connectivity index (χ0v) is 19.1. The van der Waals surface area contributed by atoms with Crippen LogP contribution in [0, 0.1) is 0 Å². The molecule has 34 heavy (non-hydrogen) atoms. The number of sulfonamides is 1. The highest BCUT2D eigenvalue weighted by molar-refractivity contribution is 7.89. The van der Waals surface area contributed by atoms with Crippen LogP contribution in [0.2, 0.25) is 0 Å². The van der Waals surface area contributed by atoms with Crippen LogP contribution in [0.25, 0.3) is 0 Å². The molecule has 0 unspecified atom stereocenters. The molecule has 1 aliphatic rings. The lowest BCUT2D eigenvalue weighted by Crippen LogP contribution is -2.40. The number of nitrogens with zero attached hydrogens (tertiary/aromatic N) is 1. The standard InChI is InChI=1S/C23H23N3O7S/c1-31-20-9-8-18(34(29,30)26-10-13-32-14-11-26)15-19(20)25-22(27)16-4-6-17(7-5-16)24-23(28)21-3-2-12-33-21/h2-9,12,15H,10-11,13-14H2,1H3,(H,24,28)(H,25,27). The number of ether oxygens (including phenoxy) is 2. The summed E-state index contributed by atoms with van der Waals surface area (Å²) in [5.74, 6) is -0.397. The molecular weight excluding hydrogens is 462 g/mol. The summed E-state index contributed by atoms with van der Waals surface area (Å²) in [5, 5.41) is 5.37. The fourth-order valence-corrected chi connectivity index (χ4v) is 4.82. The van der Waals surface area contributed by atoms with Crippen LogP contribution in [0.1, 0.15) is 20.9 Å². The number of anilines is 2. The molecule has 2 aromatic carbocycles. The summed E-state index contributed by atoms with van der Waals surface area (Å²) in [4.78, 5) is 24.9. The molecule has 1 saturated heterocycles. The first-order valence-electron chi connectivity index (χ1n) is 10.4. The molecule has 0 spiro atoms. The lowest BCUT2D eigenvalue weighted by atomic mass is 10.2. The average molecular weight is 486 g/mol. The molecule has 1 aromatic heterocycles. The summed E-state index contributed by atoms with van der Waals surface area (Å²) in [6.45, 7) is 1.19. The van der Waals surface area contributed by atoms with E-state index >= 15 is 0 Å². The van der Waals surface area contributed by atoms with E-state index in [1.807, 2.05) is 0 Å². The molecule has 11 heteroatoms. The normalized spacial score (nSPS) is 14.4. The van der Waals surface area contributed by atoms with E-state index in [0.717, 1.165) is 0 Å². The molecule has 0 bridgehead atoms. The molecule has 0 saturated carbocycles. The second kappa shape index (κ2) is 10.1. The maximum atomic E-state index is 13.0. The van der Waals surface area contributed by atoms with E-state index in [1.54, 1.807) is 18.2 Å². The molecule has 178 valence electrons. The number of carbonyl (C=O) groups is 2. The van der Waals surface area contributed by atoms with Crippen molar-refractivity contribution in [1.82, 2.24) is 4.31 Å². The van der Waals surface area contributed by atoms with Gasteiger partial charge in [0.25, 0.3) is 11.8 Å². The summed E-state index contributed by atoms with van der Waals surface area (Å²) in [6.07, 6.45) is 1.40. The summed E-state index contributed by atoms with van der Waals surface area (Å²) in [7, 11) is -2.32. The van der Waals surface area contributed by atoms with Crippen LogP contribution in [-0.4, -0.2) is 58.0 Å². The number of nitrogens with one attached hydrogen (secondary N) is 2. The summed E-state index contributed by atoms with van der Waals surface area (Å²) >= 11 is 0. The zero-order chi connectivity index (χ0) is 24.1. The molecule has 3 aromatic rings. The second-order valence-electron chi connectivity index (χ2n) is 7.34. The van der Waals surface area contributed by atoms with E-state index in [0.29, 0.717) is 30.2 Å². The number of hydrogen-bond donors (Lipinski definition) is 2. The van der Waals surface area contributed by atoms with E-state index in [2.05, 4.69) is 10.6 Å². The van der Waals surface area contributed by atoms with Crippen molar-refractivity contribution in [3.63, 3.8) is 0 Å². The Morgan fingerprint density at radius 3 is 2.35 bits per heavy atom. The monoisotopic (exact) mass is 485 g/mol. The number of morpholine rings is 1. The fourth-order valence-electron chi connectivity index (χ4n) is 3.38. The predicted molar refractivity (Wildman–Crippen MR) is 124 cm³/mol. The Labute approximate surface area is 196 Å². The van der Waals surface area contributed by atoms with Gasteiger partial charge in [0, 0.05) is 24.3 Å². The van der Waals surface area contributed by atoms with Crippen LogP contribution < -0.4 is 15.4 Å². The quantitative estimate of drug-likeness (QED) is 0.527. The minimum Gasteiger partial charge on any atom is -0.495 e. The number of methoxy groups -OCH3 is 1. The summed E-state index contributed by atoms with van der Waals surface area (Å²) in [5.41, 5.74) is 1.01. The first kappa shape index (κ1) is 23.5. The Bertz CT molecular complexity index is 1270. The highest BCUT2D eigenvalue weighted by Crippen LogP contribution is 2.30. The number of amides is 2. The SMILES string of the molecule is COc1ccc(S(=O)(=O)N2CCOCC2)cc1NC(=O)c1ccc(NC(=O)c2ccco2)cc1. The Morgan fingerprint density at radius 1 is 0.971 bits per heavy atom. The van der Waals surface area contributed by atoms with E-state index in [1.165, 1.54) is 54.1 Å². The first-order chi connectivity index (χ1) is 16.4. The van der Waals surface area contributed by atoms with Gasteiger partial charge >= 0.3 is 0 Å². The van der Waals surface area contributed by atoms with Gasteiger partial charge in [0.1, 0.15) is 5.75 Å². The number of benzene rings is 2. The third-order valence-electron chi connectivity index (χ3n) is 5.18.